The van der Waals surface area contributed by atoms with Crippen LogP contribution in [0.3, 0.4) is 0 Å². The third-order valence-corrected chi connectivity index (χ3v) is 4.79. The van der Waals surface area contributed by atoms with E-state index in [4.69, 9.17) is 4.74 Å². The third kappa shape index (κ3) is 4.41. The van der Waals surface area contributed by atoms with Crippen molar-refractivity contribution >= 4 is 5.91 Å². The highest BCUT2D eigenvalue weighted by atomic mass is 16.5. The van der Waals surface area contributed by atoms with E-state index in [0.717, 1.165) is 25.0 Å². The first-order valence-electron chi connectivity index (χ1n) is 9.04. The second-order valence-electron chi connectivity index (χ2n) is 7.77. The zero-order valence-electron chi connectivity index (χ0n) is 15.3. The number of hydrogen-bond donors (Lipinski definition) is 1. The molecule has 3 nitrogen and oxygen atoms in total. The number of carbonyl (C=O) groups is 1. The fourth-order valence-electron chi connectivity index (χ4n) is 3.34. The highest BCUT2D eigenvalue weighted by molar-refractivity contribution is 5.78. The van der Waals surface area contributed by atoms with Crippen molar-refractivity contribution in [1.82, 2.24) is 5.32 Å². The van der Waals surface area contributed by atoms with E-state index in [1.54, 1.807) is 0 Å². The molecule has 1 amide bonds. The maximum absolute atomic E-state index is 12.3. The summed E-state index contributed by atoms with van der Waals surface area (Å²) in [5.74, 6) is 0.661. The number of ether oxygens (including phenoxy) is 1. The van der Waals surface area contributed by atoms with Crippen LogP contribution < -0.4 is 10.1 Å². The lowest BCUT2D eigenvalue weighted by Crippen LogP contribution is -2.34. The average Bonchev–Trinajstić information content (AvgIpc) is 2.60. The largest absolute Gasteiger partial charge is 0.484 e. The first kappa shape index (κ1) is 17.5. The van der Waals surface area contributed by atoms with Crippen molar-refractivity contribution in [3.8, 4) is 5.75 Å². The van der Waals surface area contributed by atoms with Crippen molar-refractivity contribution in [2.24, 2.45) is 0 Å². The molecule has 3 rings (SSSR count). The Morgan fingerprint density at radius 3 is 2.56 bits per heavy atom. The SMILES string of the molecule is CC(C)(C)c1ccc(OCC(=O)N[C@@H]2CCCc3ccccc32)cc1. The molecule has 3 heteroatoms. The van der Waals surface area contributed by atoms with Gasteiger partial charge in [0.05, 0.1) is 6.04 Å². The summed E-state index contributed by atoms with van der Waals surface area (Å²) in [6.45, 7) is 6.59. The van der Waals surface area contributed by atoms with Gasteiger partial charge in [0.25, 0.3) is 5.91 Å². The Bertz CT molecular complexity index is 728. The highest BCUT2D eigenvalue weighted by Gasteiger charge is 2.21. The van der Waals surface area contributed by atoms with Gasteiger partial charge in [-0.1, -0.05) is 57.2 Å². The molecule has 2 aromatic rings. The van der Waals surface area contributed by atoms with Crippen LogP contribution in [0.4, 0.5) is 0 Å². The van der Waals surface area contributed by atoms with Gasteiger partial charge in [-0.05, 0) is 53.5 Å². The molecule has 1 N–H and O–H groups in total. The standard InChI is InChI=1S/C22H27NO2/c1-22(2,3)17-11-13-18(14-12-17)25-15-21(24)23-20-10-6-8-16-7-4-5-9-19(16)20/h4-5,7,9,11-14,20H,6,8,10,15H2,1-3H3,(H,23,24)/t20-/m1/s1. The van der Waals surface area contributed by atoms with Crippen molar-refractivity contribution in [3.63, 3.8) is 0 Å². The number of amides is 1. The van der Waals surface area contributed by atoms with Gasteiger partial charge in [0, 0.05) is 0 Å². The van der Waals surface area contributed by atoms with Crippen LogP contribution in [0.1, 0.15) is 56.3 Å². The maximum Gasteiger partial charge on any atom is 0.258 e. The normalized spacial score (nSPS) is 16.8. The van der Waals surface area contributed by atoms with E-state index in [0.29, 0.717) is 0 Å². The Morgan fingerprint density at radius 1 is 1.12 bits per heavy atom. The summed E-state index contributed by atoms with van der Waals surface area (Å²) in [4.78, 5) is 12.3. The van der Waals surface area contributed by atoms with Crippen LogP contribution in [0.25, 0.3) is 0 Å². The van der Waals surface area contributed by atoms with Crippen molar-refractivity contribution in [2.75, 3.05) is 6.61 Å². The third-order valence-electron chi connectivity index (χ3n) is 4.79. The summed E-state index contributed by atoms with van der Waals surface area (Å²) >= 11 is 0. The molecule has 0 radical (unpaired) electrons. The van der Waals surface area contributed by atoms with E-state index in [-0.39, 0.29) is 24.0 Å². The first-order chi connectivity index (χ1) is 11.9. The van der Waals surface area contributed by atoms with Crippen LogP contribution >= 0.6 is 0 Å². The van der Waals surface area contributed by atoms with Crippen LogP contribution in [0.2, 0.25) is 0 Å². The number of aryl methyl sites for hydroxylation is 1. The van der Waals surface area contributed by atoms with Gasteiger partial charge in [-0.25, -0.2) is 0 Å². The van der Waals surface area contributed by atoms with Gasteiger partial charge in [-0.3, -0.25) is 4.79 Å². The molecule has 0 spiro atoms. The van der Waals surface area contributed by atoms with Gasteiger partial charge in [-0.2, -0.15) is 0 Å². The minimum absolute atomic E-state index is 0.0491. The van der Waals surface area contributed by atoms with Crippen LogP contribution in [-0.4, -0.2) is 12.5 Å². The Hall–Kier alpha value is -2.29. The molecule has 0 unspecified atom stereocenters. The average molecular weight is 337 g/mol. The summed E-state index contributed by atoms with van der Waals surface area (Å²) in [5.41, 5.74) is 3.96. The van der Waals surface area contributed by atoms with E-state index in [2.05, 4.69) is 56.4 Å². The summed E-state index contributed by atoms with van der Waals surface area (Å²) in [7, 11) is 0. The molecule has 2 aromatic carbocycles. The Kier molecular flexibility index (Phi) is 5.12. The van der Waals surface area contributed by atoms with Crippen LogP contribution in [0.15, 0.2) is 48.5 Å². The molecule has 0 bridgehead atoms. The molecule has 0 heterocycles. The second kappa shape index (κ2) is 7.30. The zero-order valence-corrected chi connectivity index (χ0v) is 15.3. The minimum atomic E-state index is -0.0680. The number of hydrogen-bond acceptors (Lipinski definition) is 2. The van der Waals surface area contributed by atoms with Crippen LogP contribution in [-0.2, 0) is 16.6 Å². The predicted molar refractivity (Wildman–Crippen MR) is 101 cm³/mol. The lowest BCUT2D eigenvalue weighted by molar-refractivity contribution is -0.123. The van der Waals surface area contributed by atoms with E-state index < -0.39 is 0 Å². The van der Waals surface area contributed by atoms with E-state index in [1.807, 2.05) is 18.2 Å². The molecule has 1 atom stereocenters. The number of nitrogens with one attached hydrogen (secondary N) is 1. The highest BCUT2D eigenvalue weighted by Crippen LogP contribution is 2.29. The minimum Gasteiger partial charge on any atom is -0.484 e. The predicted octanol–water partition coefficient (Wildman–Crippen LogP) is 4.56. The van der Waals surface area contributed by atoms with Crippen LogP contribution in [0.5, 0.6) is 5.75 Å². The number of rotatable bonds is 4. The summed E-state index contributed by atoms with van der Waals surface area (Å²) in [6, 6.07) is 16.5. The fraction of sp³-hybridized carbons (Fsp3) is 0.409. The molecule has 1 aliphatic rings. The maximum atomic E-state index is 12.3. The number of fused-ring (bicyclic) bond motifs is 1. The smallest absolute Gasteiger partial charge is 0.258 e. The number of benzene rings is 2. The summed E-state index contributed by atoms with van der Waals surface area (Å²) < 4.78 is 5.65. The molecule has 25 heavy (non-hydrogen) atoms. The summed E-state index contributed by atoms with van der Waals surface area (Å²) in [5, 5.41) is 3.12. The molecule has 0 fully saturated rings. The Balaban J connectivity index is 1.55. The van der Waals surface area contributed by atoms with Crippen molar-refractivity contribution < 1.29 is 9.53 Å². The fourth-order valence-corrected chi connectivity index (χ4v) is 3.34. The molecule has 0 saturated carbocycles. The lowest BCUT2D eigenvalue weighted by Gasteiger charge is -2.26. The van der Waals surface area contributed by atoms with Crippen molar-refractivity contribution in [3.05, 3.63) is 65.2 Å². The Labute approximate surface area is 150 Å². The van der Waals surface area contributed by atoms with Gasteiger partial charge in [0.2, 0.25) is 0 Å². The molecule has 132 valence electrons. The topological polar surface area (TPSA) is 38.3 Å². The van der Waals surface area contributed by atoms with Gasteiger partial charge < -0.3 is 10.1 Å². The van der Waals surface area contributed by atoms with E-state index in [9.17, 15) is 4.79 Å². The molecular formula is C22H27NO2. The van der Waals surface area contributed by atoms with Crippen molar-refractivity contribution in [2.45, 2.75) is 51.5 Å². The van der Waals surface area contributed by atoms with Gasteiger partial charge in [0.15, 0.2) is 6.61 Å². The van der Waals surface area contributed by atoms with Crippen LogP contribution in [0, 0.1) is 0 Å². The van der Waals surface area contributed by atoms with Gasteiger partial charge >= 0.3 is 0 Å². The molecule has 1 aliphatic carbocycles. The summed E-state index contributed by atoms with van der Waals surface area (Å²) in [6.07, 6.45) is 3.19. The van der Waals surface area contributed by atoms with Gasteiger partial charge in [-0.15, -0.1) is 0 Å². The lowest BCUT2D eigenvalue weighted by atomic mass is 9.87. The van der Waals surface area contributed by atoms with E-state index in [1.165, 1.54) is 16.7 Å². The second-order valence-corrected chi connectivity index (χ2v) is 7.77. The quantitative estimate of drug-likeness (QED) is 0.888. The molecule has 0 aromatic heterocycles. The van der Waals surface area contributed by atoms with Crippen molar-refractivity contribution in [1.29, 1.82) is 0 Å². The number of carbonyl (C=O) groups excluding carboxylic acids is 1. The Morgan fingerprint density at radius 2 is 1.84 bits per heavy atom. The first-order valence-corrected chi connectivity index (χ1v) is 9.04. The van der Waals surface area contributed by atoms with E-state index >= 15 is 0 Å². The molecule has 0 saturated heterocycles. The monoisotopic (exact) mass is 337 g/mol. The molecule has 0 aliphatic heterocycles. The zero-order chi connectivity index (χ0) is 17.9. The van der Waals surface area contributed by atoms with Gasteiger partial charge in [0.1, 0.15) is 5.75 Å². The molecular weight excluding hydrogens is 310 g/mol.